The number of benzene rings is 2. The Morgan fingerprint density at radius 2 is 1.81 bits per heavy atom. The minimum absolute atomic E-state index is 0.113. The van der Waals surface area contributed by atoms with Crippen LogP contribution in [0.25, 0.3) is 0 Å². The highest BCUT2D eigenvalue weighted by Gasteiger charge is 2.02. The number of halogens is 2. The molecule has 21 heavy (non-hydrogen) atoms. The van der Waals surface area contributed by atoms with Crippen molar-refractivity contribution in [1.29, 1.82) is 0 Å². The Hall–Kier alpha value is -1.58. The normalized spacial score (nSPS) is 12.2. The summed E-state index contributed by atoms with van der Waals surface area (Å²) in [6, 6.07) is 12.7. The van der Waals surface area contributed by atoms with Gasteiger partial charge in [0.05, 0.1) is 5.02 Å². The van der Waals surface area contributed by atoms with Gasteiger partial charge in [0.25, 0.3) is 0 Å². The van der Waals surface area contributed by atoms with Crippen LogP contribution in [0.15, 0.2) is 42.5 Å². The molecule has 2 aromatic carbocycles. The van der Waals surface area contributed by atoms with E-state index in [9.17, 15) is 4.39 Å². The lowest BCUT2D eigenvalue weighted by Crippen LogP contribution is -2.15. The molecule has 0 fully saturated rings. The molecule has 2 rings (SSSR count). The smallest absolute Gasteiger partial charge is 0.141 e. The third kappa shape index (κ3) is 5.03. The second-order valence-electron chi connectivity index (χ2n) is 5.20. The molecule has 0 aliphatic rings. The van der Waals surface area contributed by atoms with Crippen LogP contribution in [0.4, 0.5) is 4.39 Å². The number of ether oxygens (including phenoxy) is 1. The van der Waals surface area contributed by atoms with Gasteiger partial charge < -0.3 is 10.5 Å². The first-order valence-corrected chi connectivity index (χ1v) is 7.33. The summed E-state index contributed by atoms with van der Waals surface area (Å²) in [6.07, 6.45) is 1.93. The summed E-state index contributed by atoms with van der Waals surface area (Å²) < 4.78 is 18.7. The van der Waals surface area contributed by atoms with Crippen LogP contribution in [0.2, 0.25) is 5.02 Å². The van der Waals surface area contributed by atoms with Gasteiger partial charge in [-0.05, 0) is 55.2 Å². The molecule has 2 aromatic rings. The summed E-state index contributed by atoms with van der Waals surface area (Å²) in [5, 5.41) is 0.113. The number of hydrogen-bond donors (Lipinski definition) is 1. The van der Waals surface area contributed by atoms with E-state index < -0.39 is 5.82 Å². The monoisotopic (exact) mass is 307 g/mol. The minimum Gasteiger partial charge on any atom is -0.489 e. The Kier molecular flexibility index (Phi) is 5.59. The standard InChI is InChI=1S/C17H19ClFNO/c1-12(20)2-3-13-4-7-15(8-5-13)21-11-14-6-9-17(19)16(18)10-14/h4-10,12H,2-3,11,20H2,1H3. The van der Waals surface area contributed by atoms with Crippen LogP contribution in [0, 0.1) is 5.82 Å². The van der Waals surface area contributed by atoms with E-state index in [1.165, 1.54) is 11.6 Å². The van der Waals surface area contributed by atoms with Crippen molar-refractivity contribution in [1.82, 2.24) is 0 Å². The molecule has 0 radical (unpaired) electrons. The van der Waals surface area contributed by atoms with E-state index >= 15 is 0 Å². The highest BCUT2D eigenvalue weighted by atomic mass is 35.5. The van der Waals surface area contributed by atoms with E-state index in [4.69, 9.17) is 22.1 Å². The van der Waals surface area contributed by atoms with Gasteiger partial charge in [-0.2, -0.15) is 0 Å². The molecule has 0 bridgehead atoms. The lowest BCUT2D eigenvalue weighted by Gasteiger charge is -2.09. The summed E-state index contributed by atoms with van der Waals surface area (Å²) in [4.78, 5) is 0. The van der Waals surface area contributed by atoms with E-state index in [0.29, 0.717) is 6.61 Å². The molecule has 0 aliphatic heterocycles. The van der Waals surface area contributed by atoms with Gasteiger partial charge in [-0.15, -0.1) is 0 Å². The Bertz CT molecular complexity index is 584. The summed E-state index contributed by atoms with van der Waals surface area (Å²) in [6.45, 7) is 2.37. The summed E-state index contributed by atoms with van der Waals surface area (Å²) in [7, 11) is 0. The van der Waals surface area contributed by atoms with Gasteiger partial charge >= 0.3 is 0 Å². The van der Waals surface area contributed by atoms with Crippen molar-refractivity contribution in [3.8, 4) is 5.75 Å². The van der Waals surface area contributed by atoms with E-state index in [1.807, 2.05) is 31.2 Å². The Labute approximate surface area is 129 Å². The summed E-state index contributed by atoms with van der Waals surface area (Å²) >= 11 is 5.74. The van der Waals surface area contributed by atoms with Gasteiger partial charge in [0.2, 0.25) is 0 Å². The van der Waals surface area contributed by atoms with Crippen LogP contribution in [0.3, 0.4) is 0 Å². The fraction of sp³-hybridized carbons (Fsp3) is 0.294. The zero-order valence-electron chi connectivity index (χ0n) is 12.0. The molecule has 1 unspecified atom stereocenters. The Balaban J connectivity index is 1.89. The summed E-state index contributed by atoms with van der Waals surface area (Å²) in [5.41, 5.74) is 7.82. The average molecular weight is 308 g/mol. The maximum Gasteiger partial charge on any atom is 0.141 e. The van der Waals surface area contributed by atoms with Crippen LogP contribution in [-0.4, -0.2) is 6.04 Å². The van der Waals surface area contributed by atoms with Gasteiger partial charge in [0, 0.05) is 6.04 Å². The van der Waals surface area contributed by atoms with E-state index in [2.05, 4.69) is 0 Å². The van der Waals surface area contributed by atoms with Gasteiger partial charge in [0.1, 0.15) is 18.2 Å². The van der Waals surface area contributed by atoms with Crippen LogP contribution in [0.1, 0.15) is 24.5 Å². The fourth-order valence-corrected chi connectivity index (χ4v) is 2.15. The zero-order valence-corrected chi connectivity index (χ0v) is 12.7. The molecular weight excluding hydrogens is 289 g/mol. The second-order valence-corrected chi connectivity index (χ2v) is 5.60. The minimum atomic E-state index is -0.418. The fourth-order valence-electron chi connectivity index (χ4n) is 1.94. The summed E-state index contributed by atoms with van der Waals surface area (Å²) in [5.74, 6) is 0.360. The van der Waals surface area contributed by atoms with E-state index in [1.54, 1.807) is 12.1 Å². The molecule has 2 N–H and O–H groups in total. The van der Waals surface area contributed by atoms with Gasteiger partial charge in [0.15, 0.2) is 0 Å². The van der Waals surface area contributed by atoms with Crippen LogP contribution >= 0.6 is 11.6 Å². The Morgan fingerprint density at radius 3 is 2.43 bits per heavy atom. The highest BCUT2D eigenvalue weighted by Crippen LogP contribution is 2.19. The first-order valence-electron chi connectivity index (χ1n) is 6.96. The molecular formula is C17H19ClFNO. The SMILES string of the molecule is CC(N)CCc1ccc(OCc2ccc(F)c(Cl)c2)cc1. The molecule has 0 aliphatic carbocycles. The van der Waals surface area contributed by atoms with E-state index in [0.717, 1.165) is 24.2 Å². The van der Waals surface area contributed by atoms with Crippen molar-refractivity contribution in [3.63, 3.8) is 0 Å². The molecule has 0 saturated carbocycles. The zero-order chi connectivity index (χ0) is 15.2. The number of hydrogen-bond acceptors (Lipinski definition) is 2. The number of rotatable bonds is 6. The molecule has 0 aromatic heterocycles. The predicted molar refractivity (Wildman–Crippen MR) is 84.2 cm³/mol. The predicted octanol–water partition coefficient (Wildman–Crippen LogP) is 4.34. The van der Waals surface area contributed by atoms with Crippen LogP contribution < -0.4 is 10.5 Å². The molecule has 0 heterocycles. The maximum absolute atomic E-state index is 13.1. The third-order valence-corrected chi connectivity index (χ3v) is 3.49. The van der Waals surface area contributed by atoms with Crippen LogP contribution in [-0.2, 0) is 13.0 Å². The quantitative estimate of drug-likeness (QED) is 0.861. The molecule has 2 nitrogen and oxygen atoms in total. The molecule has 0 amide bonds. The maximum atomic E-state index is 13.1. The van der Waals surface area contributed by atoms with Gasteiger partial charge in [-0.25, -0.2) is 4.39 Å². The topological polar surface area (TPSA) is 35.2 Å². The first-order chi connectivity index (χ1) is 10.0. The lowest BCUT2D eigenvalue weighted by atomic mass is 10.1. The van der Waals surface area contributed by atoms with Crippen LogP contribution in [0.5, 0.6) is 5.75 Å². The number of nitrogens with two attached hydrogens (primary N) is 1. The highest BCUT2D eigenvalue weighted by molar-refractivity contribution is 6.30. The third-order valence-electron chi connectivity index (χ3n) is 3.20. The molecule has 0 spiro atoms. The number of aryl methyl sites for hydroxylation is 1. The second kappa shape index (κ2) is 7.43. The Morgan fingerprint density at radius 1 is 1.14 bits per heavy atom. The van der Waals surface area contributed by atoms with Gasteiger partial charge in [-0.1, -0.05) is 29.8 Å². The molecule has 4 heteroatoms. The van der Waals surface area contributed by atoms with Crippen molar-refractivity contribution in [3.05, 3.63) is 64.4 Å². The van der Waals surface area contributed by atoms with Crippen molar-refractivity contribution in [2.24, 2.45) is 5.73 Å². The van der Waals surface area contributed by atoms with Crippen molar-refractivity contribution in [2.75, 3.05) is 0 Å². The molecule has 112 valence electrons. The molecule has 0 saturated heterocycles. The average Bonchev–Trinajstić information content (AvgIpc) is 2.47. The van der Waals surface area contributed by atoms with Crippen molar-refractivity contribution < 1.29 is 9.13 Å². The largest absolute Gasteiger partial charge is 0.489 e. The molecule has 1 atom stereocenters. The lowest BCUT2D eigenvalue weighted by molar-refractivity contribution is 0.306. The van der Waals surface area contributed by atoms with Gasteiger partial charge in [-0.3, -0.25) is 0 Å². The van der Waals surface area contributed by atoms with Crippen molar-refractivity contribution >= 4 is 11.6 Å². The van der Waals surface area contributed by atoms with Crippen molar-refractivity contribution in [2.45, 2.75) is 32.4 Å². The van der Waals surface area contributed by atoms with E-state index in [-0.39, 0.29) is 11.1 Å². The first kappa shape index (κ1) is 15.8.